The van der Waals surface area contributed by atoms with Crippen molar-refractivity contribution in [3.63, 3.8) is 0 Å². The van der Waals surface area contributed by atoms with E-state index in [0.29, 0.717) is 16.9 Å². The lowest BCUT2D eigenvalue weighted by atomic mass is 10.1. The highest BCUT2D eigenvalue weighted by Crippen LogP contribution is 2.28. The molecule has 0 aliphatic carbocycles. The number of anilines is 2. The molecule has 0 spiro atoms. The quantitative estimate of drug-likeness (QED) is 0.162. The number of amides is 2. The predicted molar refractivity (Wildman–Crippen MR) is 164 cm³/mol. The lowest BCUT2D eigenvalue weighted by molar-refractivity contribution is -0.752. The second-order valence-corrected chi connectivity index (χ2v) is 12.1. The highest BCUT2D eigenvalue weighted by Gasteiger charge is 2.45. The Morgan fingerprint density at radius 1 is 1.07 bits per heavy atom. The van der Waals surface area contributed by atoms with Crippen LogP contribution in [0.15, 0.2) is 92.7 Å². The summed E-state index contributed by atoms with van der Waals surface area (Å²) in [6.45, 7) is 1.68. The molecule has 45 heavy (non-hydrogen) atoms. The molecule has 15 heteroatoms. The van der Waals surface area contributed by atoms with Gasteiger partial charge < -0.3 is 19.5 Å². The van der Waals surface area contributed by atoms with E-state index in [1.807, 2.05) is 6.92 Å². The van der Waals surface area contributed by atoms with Gasteiger partial charge in [0.15, 0.2) is 5.11 Å². The molecule has 0 bridgehead atoms. The Bertz CT molecular complexity index is 1940. The van der Waals surface area contributed by atoms with E-state index in [1.54, 1.807) is 54.6 Å². The molecule has 232 valence electrons. The fraction of sp³-hybridized carbons (Fsp3) is 0.200. The van der Waals surface area contributed by atoms with Gasteiger partial charge in [-0.05, 0) is 67.7 Å². The van der Waals surface area contributed by atoms with Gasteiger partial charge in [-0.3, -0.25) is 19.8 Å². The van der Waals surface area contributed by atoms with Crippen molar-refractivity contribution in [3.8, 4) is 0 Å². The summed E-state index contributed by atoms with van der Waals surface area (Å²) in [5.41, 5.74) is 2.01. The number of benzene rings is 3. The van der Waals surface area contributed by atoms with E-state index in [1.165, 1.54) is 52.9 Å². The minimum absolute atomic E-state index is 0.0330. The van der Waals surface area contributed by atoms with Gasteiger partial charge in [0, 0.05) is 5.69 Å². The van der Waals surface area contributed by atoms with Crippen molar-refractivity contribution in [3.05, 3.63) is 101 Å². The fourth-order valence-corrected chi connectivity index (χ4v) is 5.97. The number of sulfonamides is 1. The molecule has 1 saturated heterocycles. The maximum atomic E-state index is 13.8. The molecule has 4 aromatic rings. The molecule has 1 atom stereocenters. The van der Waals surface area contributed by atoms with Gasteiger partial charge in [-0.2, -0.15) is 8.42 Å². The van der Waals surface area contributed by atoms with Crippen molar-refractivity contribution >= 4 is 56.5 Å². The molecule has 5 rings (SSSR count). The van der Waals surface area contributed by atoms with Crippen LogP contribution in [0.25, 0.3) is 0 Å². The number of rotatable bonds is 9. The van der Waals surface area contributed by atoms with Crippen LogP contribution in [-0.4, -0.2) is 49.4 Å². The van der Waals surface area contributed by atoms with Gasteiger partial charge in [0.25, 0.3) is 27.2 Å². The van der Waals surface area contributed by atoms with Gasteiger partial charge >= 0.3 is 5.97 Å². The number of hydrogen-bond donors (Lipinski definition) is 1. The number of aryl methyl sites for hydroxylation is 2. The normalized spacial score (nSPS) is 15.4. The lowest BCUT2D eigenvalue weighted by Gasteiger charge is -2.22. The second kappa shape index (κ2) is 12.8. The Balaban J connectivity index is 1.46. The number of thiocarbonyl (C=S) groups is 1. The standard InChI is InChI=1S/C30H28N6O7S2/c1-19-9-15-23(16-10-19)45(40,41)32-27-25(34(2)33-43-27)18-35-24(28(38)36(30(35)44)22-7-5-4-6-8-22)17-26(37)31-21-13-11-20(12-14-21)29(39)42-3/h4-16,24H,17-18H2,1-3H3,(H,31,37)/b32-27-. The van der Waals surface area contributed by atoms with E-state index in [4.69, 9.17) is 21.5 Å². The highest BCUT2D eigenvalue weighted by molar-refractivity contribution is 7.90. The van der Waals surface area contributed by atoms with Crippen LogP contribution in [0.1, 0.15) is 28.0 Å². The summed E-state index contributed by atoms with van der Waals surface area (Å²) in [4.78, 5) is 41.6. The zero-order valence-electron chi connectivity index (χ0n) is 24.4. The molecular weight excluding hydrogens is 620 g/mol. The number of hydrogen-bond acceptors (Lipinski definition) is 8. The molecule has 1 fully saturated rings. The molecule has 0 radical (unpaired) electrons. The third-order valence-corrected chi connectivity index (χ3v) is 8.72. The first kappa shape index (κ1) is 31.3. The van der Waals surface area contributed by atoms with Crippen molar-refractivity contribution < 1.29 is 36.7 Å². The molecular formula is C30H28N6O7S2. The number of carbonyl (C=O) groups excluding carboxylic acids is 3. The van der Waals surface area contributed by atoms with Gasteiger partial charge in [-0.1, -0.05) is 35.9 Å². The number of carbonyl (C=O) groups is 3. The summed E-state index contributed by atoms with van der Waals surface area (Å²) in [5.74, 6) is -1.47. The summed E-state index contributed by atoms with van der Waals surface area (Å²) < 4.78 is 41.3. The molecule has 1 N–H and O–H groups in total. The largest absolute Gasteiger partial charge is 0.486 e. The molecule has 2 heterocycles. The minimum Gasteiger partial charge on any atom is -0.486 e. The third-order valence-electron chi connectivity index (χ3n) is 7.03. The Morgan fingerprint density at radius 2 is 1.73 bits per heavy atom. The summed E-state index contributed by atoms with van der Waals surface area (Å²) >= 11 is 5.74. The van der Waals surface area contributed by atoms with Crippen LogP contribution in [0.2, 0.25) is 0 Å². The summed E-state index contributed by atoms with van der Waals surface area (Å²) in [5, 5.41) is 6.67. The monoisotopic (exact) mass is 648 g/mol. The van der Waals surface area contributed by atoms with Crippen molar-refractivity contribution in [2.75, 3.05) is 17.3 Å². The third kappa shape index (κ3) is 6.68. The van der Waals surface area contributed by atoms with Crippen molar-refractivity contribution in [2.24, 2.45) is 11.4 Å². The van der Waals surface area contributed by atoms with Crippen molar-refractivity contribution in [1.82, 2.24) is 10.2 Å². The maximum Gasteiger partial charge on any atom is 0.337 e. The number of esters is 1. The first-order valence-corrected chi connectivity index (χ1v) is 15.4. The molecule has 3 aromatic carbocycles. The molecule has 13 nitrogen and oxygen atoms in total. The van der Waals surface area contributed by atoms with E-state index in [9.17, 15) is 22.8 Å². The minimum atomic E-state index is -4.17. The molecule has 1 unspecified atom stereocenters. The van der Waals surface area contributed by atoms with Crippen LogP contribution in [0, 0.1) is 6.92 Å². The first-order valence-electron chi connectivity index (χ1n) is 13.6. The lowest BCUT2D eigenvalue weighted by Crippen LogP contribution is -2.45. The fourth-order valence-electron chi connectivity index (χ4n) is 4.64. The Labute approximate surface area is 263 Å². The second-order valence-electron chi connectivity index (χ2n) is 10.1. The highest BCUT2D eigenvalue weighted by atomic mass is 32.2. The number of ether oxygens (including phenoxy) is 1. The Hall–Kier alpha value is -5.15. The average Bonchev–Trinajstić information content (AvgIpc) is 3.47. The summed E-state index contributed by atoms with van der Waals surface area (Å²) in [6, 6.07) is 19.9. The van der Waals surface area contributed by atoms with Gasteiger partial charge in [0.2, 0.25) is 5.91 Å². The average molecular weight is 649 g/mol. The van der Waals surface area contributed by atoms with Gasteiger partial charge in [-0.25, -0.2) is 9.48 Å². The number of methoxy groups -OCH3 is 1. The zero-order valence-corrected chi connectivity index (χ0v) is 26.0. The van der Waals surface area contributed by atoms with E-state index in [0.717, 1.165) is 5.56 Å². The zero-order chi connectivity index (χ0) is 32.3. The van der Waals surface area contributed by atoms with Gasteiger partial charge in [-0.15, -0.1) is 4.40 Å². The number of aromatic nitrogens is 2. The van der Waals surface area contributed by atoms with E-state index in [2.05, 4.69) is 15.0 Å². The van der Waals surface area contributed by atoms with Gasteiger partial charge in [0.1, 0.15) is 19.6 Å². The molecule has 1 aliphatic heterocycles. The van der Waals surface area contributed by atoms with Crippen LogP contribution in [0.3, 0.4) is 0 Å². The predicted octanol–water partition coefficient (Wildman–Crippen LogP) is 1.98. The van der Waals surface area contributed by atoms with Crippen LogP contribution in [-0.2, 0) is 37.9 Å². The van der Waals surface area contributed by atoms with Gasteiger partial charge in [0.05, 0.1) is 29.7 Å². The molecule has 1 aliphatic rings. The number of para-hydroxylation sites is 1. The number of nitrogens with zero attached hydrogens (tertiary/aromatic N) is 5. The van der Waals surface area contributed by atoms with E-state index < -0.39 is 33.8 Å². The Kier molecular flexibility index (Phi) is 8.92. The van der Waals surface area contributed by atoms with Crippen LogP contribution in [0.4, 0.5) is 11.4 Å². The smallest absolute Gasteiger partial charge is 0.337 e. The van der Waals surface area contributed by atoms with Crippen LogP contribution < -0.4 is 25.7 Å². The summed E-state index contributed by atoms with van der Waals surface area (Å²) in [6.07, 6.45) is -0.301. The van der Waals surface area contributed by atoms with Crippen molar-refractivity contribution in [1.29, 1.82) is 0 Å². The Morgan fingerprint density at radius 3 is 2.38 bits per heavy atom. The summed E-state index contributed by atoms with van der Waals surface area (Å²) in [7, 11) is -1.37. The van der Waals surface area contributed by atoms with Crippen molar-refractivity contribution in [2.45, 2.75) is 30.8 Å². The SMILES string of the molecule is COC(=O)c1ccc(NC(=O)CC2C(=O)N(c3ccccc3)C(=S)N2Cc2/c(=N/S(=O)(=O)c3ccc(C)cc3)o[n-][n+]2C)cc1. The maximum absolute atomic E-state index is 13.8. The topological polar surface area (TPSA) is 157 Å². The van der Waals surface area contributed by atoms with E-state index >= 15 is 0 Å². The molecule has 2 amide bonds. The van der Waals surface area contributed by atoms with Crippen LogP contribution >= 0.6 is 12.2 Å². The van der Waals surface area contributed by atoms with Crippen LogP contribution in [0.5, 0.6) is 0 Å². The molecule has 0 saturated carbocycles. The molecule has 1 aromatic heterocycles. The first-order chi connectivity index (χ1) is 21.5. The number of nitrogens with one attached hydrogen (secondary N) is 1. The van der Waals surface area contributed by atoms with E-state index in [-0.39, 0.29) is 34.2 Å².